The van der Waals surface area contributed by atoms with E-state index in [1.807, 2.05) is 13.8 Å². The Morgan fingerprint density at radius 1 is 0.750 bits per heavy atom. The fourth-order valence-corrected chi connectivity index (χ4v) is 3.22. The number of phenols is 2. The Hall–Kier alpha value is -4.08. The molecule has 0 spiro atoms. The van der Waals surface area contributed by atoms with Crippen molar-refractivity contribution in [2.75, 3.05) is 13.2 Å². The van der Waals surface area contributed by atoms with Gasteiger partial charge < -0.3 is 19.7 Å². The lowest BCUT2D eigenvalue weighted by atomic mass is 10.1. The van der Waals surface area contributed by atoms with Crippen molar-refractivity contribution in [3.05, 3.63) is 47.5 Å². The smallest absolute Gasteiger partial charge is 0.240 e. The summed E-state index contributed by atoms with van der Waals surface area (Å²) in [6.07, 6.45) is 6.28. The first kappa shape index (κ1) is 28.2. The highest BCUT2D eigenvalue weighted by Gasteiger charge is 2.07. The minimum absolute atomic E-state index is 0.0269. The molecule has 0 unspecified atom stereocenters. The lowest BCUT2D eigenvalue weighted by molar-refractivity contribution is -0.122. The zero-order valence-corrected chi connectivity index (χ0v) is 20.7. The molecule has 2 rings (SSSR count). The standard InChI is InChI=1S/C26H34N4O6/c1-3-35-21-13-9-11-19(25(21)33)17-27-29-23(31)15-7-5-6-8-16-24(32)30-28-18-20-12-10-14-22(26(20)34)36-4-2/h9-14,17-18,33-34H,3-8,15-16H2,1-2H3,(H,29,31)(H,30,32). The Bertz CT molecular complexity index is 971. The first-order valence-corrected chi connectivity index (χ1v) is 12.0. The number of hydrogen-bond donors (Lipinski definition) is 4. The van der Waals surface area contributed by atoms with Crippen molar-refractivity contribution in [2.24, 2.45) is 10.2 Å². The molecule has 2 aromatic rings. The second-order valence-corrected chi connectivity index (χ2v) is 7.75. The van der Waals surface area contributed by atoms with Gasteiger partial charge in [0.05, 0.1) is 25.6 Å². The van der Waals surface area contributed by atoms with E-state index < -0.39 is 0 Å². The first-order valence-electron chi connectivity index (χ1n) is 12.0. The van der Waals surface area contributed by atoms with Gasteiger partial charge in [0.25, 0.3) is 0 Å². The molecular weight excluding hydrogens is 464 g/mol. The molecule has 0 fully saturated rings. The van der Waals surface area contributed by atoms with Gasteiger partial charge in [-0.2, -0.15) is 10.2 Å². The highest BCUT2D eigenvalue weighted by atomic mass is 16.5. The Morgan fingerprint density at radius 3 is 1.56 bits per heavy atom. The van der Waals surface area contributed by atoms with Crippen LogP contribution < -0.4 is 20.3 Å². The number of para-hydroxylation sites is 2. The number of aromatic hydroxyl groups is 2. The molecule has 0 heterocycles. The molecule has 0 saturated carbocycles. The lowest BCUT2D eigenvalue weighted by Crippen LogP contribution is -2.17. The number of rotatable bonds is 15. The number of carbonyl (C=O) groups excluding carboxylic acids is 2. The van der Waals surface area contributed by atoms with Gasteiger partial charge in [-0.1, -0.05) is 25.0 Å². The van der Waals surface area contributed by atoms with Gasteiger partial charge in [0.2, 0.25) is 11.8 Å². The number of hydrogen-bond acceptors (Lipinski definition) is 8. The van der Waals surface area contributed by atoms with Crippen LogP contribution in [0.3, 0.4) is 0 Å². The van der Waals surface area contributed by atoms with Gasteiger partial charge in [0, 0.05) is 24.0 Å². The van der Waals surface area contributed by atoms with E-state index in [0.29, 0.717) is 61.5 Å². The summed E-state index contributed by atoms with van der Waals surface area (Å²) < 4.78 is 10.6. The molecule has 0 radical (unpaired) electrons. The predicted octanol–water partition coefficient (Wildman–Crippen LogP) is 3.84. The van der Waals surface area contributed by atoms with Gasteiger partial charge in [-0.05, 0) is 51.0 Å². The summed E-state index contributed by atoms with van der Waals surface area (Å²) in [7, 11) is 0. The van der Waals surface area contributed by atoms with Gasteiger partial charge >= 0.3 is 0 Å². The Balaban J connectivity index is 1.59. The number of unbranched alkanes of at least 4 members (excludes halogenated alkanes) is 3. The molecule has 4 N–H and O–H groups in total. The normalized spacial score (nSPS) is 11.1. The molecule has 2 amide bonds. The number of hydrazone groups is 2. The van der Waals surface area contributed by atoms with E-state index in [4.69, 9.17) is 9.47 Å². The van der Waals surface area contributed by atoms with Gasteiger partial charge in [0.15, 0.2) is 23.0 Å². The molecule has 0 saturated heterocycles. The van der Waals surface area contributed by atoms with Crippen LogP contribution >= 0.6 is 0 Å². The summed E-state index contributed by atoms with van der Waals surface area (Å²) in [5.74, 6) is 0.215. The second-order valence-electron chi connectivity index (χ2n) is 7.75. The van der Waals surface area contributed by atoms with E-state index in [1.54, 1.807) is 36.4 Å². The van der Waals surface area contributed by atoms with E-state index in [1.165, 1.54) is 12.4 Å². The Kier molecular flexibility index (Phi) is 12.3. The Labute approximate surface area is 211 Å². The monoisotopic (exact) mass is 498 g/mol. The summed E-state index contributed by atoms with van der Waals surface area (Å²) in [5.41, 5.74) is 5.77. The molecule has 0 aliphatic carbocycles. The van der Waals surface area contributed by atoms with Crippen LogP contribution in [0, 0.1) is 0 Å². The molecule has 0 aromatic heterocycles. The highest BCUT2D eigenvalue weighted by molar-refractivity contribution is 5.87. The van der Waals surface area contributed by atoms with Crippen LogP contribution in [0.15, 0.2) is 46.6 Å². The van der Waals surface area contributed by atoms with E-state index in [0.717, 1.165) is 12.8 Å². The molecule has 10 heteroatoms. The van der Waals surface area contributed by atoms with Crippen LogP contribution in [0.5, 0.6) is 23.0 Å². The fourth-order valence-electron chi connectivity index (χ4n) is 3.22. The largest absolute Gasteiger partial charge is 0.504 e. The third kappa shape index (κ3) is 9.65. The SMILES string of the molecule is CCOc1cccc(C=NNC(=O)CCCCCCC(=O)NN=Cc2cccc(OCC)c2O)c1O. The summed E-state index contributed by atoms with van der Waals surface area (Å²) >= 11 is 0. The van der Waals surface area contributed by atoms with Gasteiger partial charge in [-0.15, -0.1) is 0 Å². The van der Waals surface area contributed by atoms with E-state index in [2.05, 4.69) is 21.1 Å². The van der Waals surface area contributed by atoms with Crippen LogP contribution in [0.1, 0.15) is 63.5 Å². The number of ether oxygens (including phenoxy) is 2. The molecule has 0 bridgehead atoms. The van der Waals surface area contributed by atoms with Crippen molar-refractivity contribution in [3.8, 4) is 23.0 Å². The van der Waals surface area contributed by atoms with Crippen molar-refractivity contribution in [1.82, 2.24) is 10.9 Å². The number of amides is 2. The van der Waals surface area contributed by atoms with E-state index in [-0.39, 0.29) is 23.3 Å². The molecule has 10 nitrogen and oxygen atoms in total. The van der Waals surface area contributed by atoms with Crippen LogP contribution in [0.25, 0.3) is 0 Å². The molecule has 0 atom stereocenters. The van der Waals surface area contributed by atoms with Gasteiger partial charge in [0.1, 0.15) is 0 Å². The predicted molar refractivity (Wildman–Crippen MR) is 138 cm³/mol. The summed E-state index contributed by atoms with van der Waals surface area (Å²) in [6, 6.07) is 10.1. The number of benzene rings is 2. The molecule has 2 aromatic carbocycles. The van der Waals surface area contributed by atoms with Crippen molar-refractivity contribution in [1.29, 1.82) is 0 Å². The average Bonchev–Trinajstić information content (AvgIpc) is 2.86. The third-order valence-corrected chi connectivity index (χ3v) is 5.00. The third-order valence-electron chi connectivity index (χ3n) is 5.00. The molecular formula is C26H34N4O6. The van der Waals surface area contributed by atoms with Crippen molar-refractivity contribution in [2.45, 2.75) is 52.4 Å². The Morgan fingerprint density at radius 2 is 1.17 bits per heavy atom. The number of nitrogens with one attached hydrogen (secondary N) is 2. The first-order chi connectivity index (χ1) is 17.5. The topological polar surface area (TPSA) is 142 Å². The minimum Gasteiger partial charge on any atom is -0.504 e. The average molecular weight is 499 g/mol. The maximum absolute atomic E-state index is 11.9. The number of carbonyl (C=O) groups is 2. The van der Waals surface area contributed by atoms with Crippen LogP contribution in [-0.2, 0) is 9.59 Å². The maximum atomic E-state index is 11.9. The van der Waals surface area contributed by atoms with Crippen molar-refractivity contribution in [3.63, 3.8) is 0 Å². The van der Waals surface area contributed by atoms with E-state index >= 15 is 0 Å². The molecule has 36 heavy (non-hydrogen) atoms. The van der Waals surface area contributed by atoms with E-state index in [9.17, 15) is 19.8 Å². The van der Waals surface area contributed by atoms with Gasteiger partial charge in [-0.3, -0.25) is 9.59 Å². The number of nitrogens with zero attached hydrogens (tertiary/aromatic N) is 2. The second kappa shape index (κ2) is 15.8. The maximum Gasteiger partial charge on any atom is 0.240 e. The molecule has 0 aliphatic heterocycles. The number of phenolic OH excluding ortho intramolecular Hbond substituents is 2. The quantitative estimate of drug-likeness (QED) is 0.167. The van der Waals surface area contributed by atoms with Crippen LogP contribution in [0.4, 0.5) is 0 Å². The minimum atomic E-state index is -0.226. The van der Waals surface area contributed by atoms with Crippen LogP contribution in [-0.4, -0.2) is 47.7 Å². The fraction of sp³-hybridized carbons (Fsp3) is 0.385. The highest BCUT2D eigenvalue weighted by Crippen LogP contribution is 2.29. The summed E-state index contributed by atoms with van der Waals surface area (Å²) in [5, 5.41) is 28.0. The van der Waals surface area contributed by atoms with Crippen molar-refractivity contribution >= 4 is 24.2 Å². The lowest BCUT2D eigenvalue weighted by Gasteiger charge is -2.07. The summed E-state index contributed by atoms with van der Waals surface area (Å²) in [4.78, 5) is 23.9. The van der Waals surface area contributed by atoms with Crippen molar-refractivity contribution < 1.29 is 29.3 Å². The zero-order chi connectivity index (χ0) is 26.2. The zero-order valence-electron chi connectivity index (χ0n) is 20.7. The van der Waals surface area contributed by atoms with Crippen LogP contribution in [0.2, 0.25) is 0 Å². The molecule has 194 valence electrons. The van der Waals surface area contributed by atoms with Gasteiger partial charge in [-0.25, -0.2) is 10.9 Å². The summed E-state index contributed by atoms with van der Waals surface area (Å²) in [6.45, 7) is 4.50. The molecule has 0 aliphatic rings.